The van der Waals surface area contributed by atoms with E-state index >= 15 is 0 Å². The highest BCUT2D eigenvalue weighted by molar-refractivity contribution is 7.10. The number of pyridine rings is 1. The molecule has 6 heteroatoms. The molecule has 0 radical (unpaired) electrons. The second kappa shape index (κ2) is 7.58. The molecule has 1 saturated heterocycles. The van der Waals surface area contributed by atoms with Crippen molar-refractivity contribution in [3.63, 3.8) is 0 Å². The van der Waals surface area contributed by atoms with Crippen molar-refractivity contribution < 1.29 is 9.59 Å². The summed E-state index contributed by atoms with van der Waals surface area (Å²) >= 11 is 1.74. The number of piperidine rings is 1. The Morgan fingerprint density at radius 2 is 1.88 bits per heavy atom. The molecule has 2 aromatic heterocycles. The fraction of sp³-hybridized carbons (Fsp3) is 0.450. The molecule has 5 nitrogen and oxygen atoms in total. The van der Waals surface area contributed by atoms with Crippen molar-refractivity contribution >= 4 is 23.2 Å². The highest BCUT2D eigenvalue weighted by atomic mass is 32.1. The second-order valence-electron chi connectivity index (χ2n) is 7.06. The number of aromatic nitrogens is 1. The van der Waals surface area contributed by atoms with Gasteiger partial charge < -0.3 is 10.2 Å². The number of thiophene rings is 1. The van der Waals surface area contributed by atoms with Crippen molar-refractivity contribution in [1.82, 2.24) is 15.2 Å². The molecule has 0 bridgehead atoms. The zero-order valence-corrected chi connectivity index (χ0v) is 15.5. The molecule has 1 unspecified atom stereocenters. The van der Waals surface area contributed by atoms with E-state index in [1.54, 1.807) is 16.2 Å². The number of rotatable bonds is 2. The normalized spacial score (nSPS) is 20.5. The van der Waals surface area contributed by atoms with Gasteiger partial charge in [-0.1, -0.05) is 0 Å². The minimum Gasteiger partial charge on any atom is -0.341 e. The summed E-state index contributed by atoms with van der Waals surface area (Å²) in [5.74, 6) is -0.409. The molecule has 1 aliphatic heterocycles. The highest BCUT2D eigenvalue weighted by Crippen LogP contribution is 2.33. The first-order valence-electron chi connectivity index (χ1n) is 9.28. The molecule has 0 spiro atoms. The van der Waals surface area contributed by atoms with E-state index in [2.05, 4.69) is 21.7 Å². The Morgan fingerprint density at radius 3 is 2.65 bits per heavy atom. The Kier molecular flexibility index (Phi) is 5.02. The lowest BCUT2D eigenvalue weighted by atomic mass is 9.90. The summed E-state index contributed by atoms with van der Waals surface area (Å²) in [5, 5.41) is 5.04. The van der Waals surface area contributed by atoms with Crippen molar-refractivity contribution in [3.8, 4) is 0 Å². The molecule has 4 rings (SSSR count). The average Bonchev–Trinajstić information content (AvgIpc) is 3.18. The zero-order valence-electron chi connectivity index (χ0n) is 14.7. The van der Waals surface area contributed by atoms with E-state index in [4.69, 9.17) is 0 Å². The summed E-state index contributed by atoms with van der Waals surface area (Å²) in [5.41, 5.74) is 2.46. The summed E-state index contributed by atoms with van der Waals surface area (Å²) < 4.78 is 0. The Labute approximate surface area is 157 Å². The van der Waals surface area contributed by atoms with Crippen LogP contribution in [0.3, 0.4) is 0 Å². The van der Waals surface area contributed by atoms with Gasteiger partial charge in [0.1, 0.15) is 0 Å². The monoisotopic (exact) mass is 369 g/mol. The maximum Gasteiger partial charge on any atom is 0.311 e. The number of amides is 2. The topological polar surface area (TPSA) is 62.3 Å². The van der Waals surface area contributed by atoms with Gasteiger partial charge in [0.15, 0.2) is 0 Å². The highest BCUT2D eigenvalue weighted by Gasteiger charge is 2.30. The lowest BCUT2D eigenvalue weighted by molar-refractivity contribution is -0.147. The maximum absolute atomic E-state index is 12.6. The van der Waals surface area contributed by atoms with Gasteiger partial charge in [-0.25, -0.2) is 0 Å². The van der Waals surface area contributed by atoms with Gasteiger partial charge in [0.05, 0.1) is 6.04 Å². The largest absolute Gasteiger partial charge is 0.341 e. The summed E-state index contributed by atoms with van der Waals surface area (Å²) in [7, 11) is 0. The van der Waals surface area contributed by atoms with Crippen LogP contribution < -0.4 is 5.32 Å². The van der Waals surface area contributed by atoms with Crippen molar-refractivity contribution in [2.45, 2.75) is 44.1 Å². The summed E-state index contributed by atoms with van der Waals surface area (Å²) in [4.78, 5) is 32.2. The Balaban J connectivity index is 1.33. The van der Waals surface area contributed by atoms with Crippen LogP contribution >= 0.6 is 11.3 Å². The molecule has 2 aromatic rings. The molecule has 1 fully saturated rings. The number of nitrogens with one attached hydrogen (secondary N) is 1. The van der Waals surface area contributed by atoms with Crippen LogP contribution in [0, 0.1) is 0 Å². The van der Waals surface area contributed by atoms with Crippen LogP contribution in [0.25, 0.3) is 0 Å². The third-order valence-corrected chi connectivity index (χ3v) is 6.51. The number of hydrogen-bond donors (Lipinski definition) is 1. The number of carbonyl (C=O) groups excluding carboxylic acids is 2. The average molecular weight is 369 g/mol. The number of hydrogen-bond acceptors (Lipinski definition) is 4. The predicted octanol–water partition coefficient (Wildman–Crippen LogP) is 3.04. The van der Waals surface area contributed by atoms with Crippen LogP contribution in [0.4, 0.5) is 0 Å². The second-order valence-corrected chi connectivity index (χ2v) is 8.07. The van der Waals surface area contributed by atoms with E-state index in [1.165, 1.54) is 16.0 Å². The van der Waals surface area contributed by atoms with E-state index in [0.717, 1.165) is 32.1 Å². The van der Waals surface area contributed by atoms with Crippen LogP contribution in [-0.2, 0) is 16.0 Å². The van der Waals surface area contributed by atoms with Crippen molar-refractivity contribution in [2.24, 2.45) is 0 Å². The Bertz CT molecular complexity index is 781. The summed E-state index contributed by atoms with van der Waals surface area (Å²) in [6.45, 7) is 1.27. The molecule has 26 heavy (non-hydrogen) atoms. The summed E-state index contributed by atoms with van der Waals surface area (Å²) in [6, 6.07) is 6.14. The van der Waals surface area contributed by atoms with Gasteiger partial charge in [0, 0.05) is 30.4 Å². The van der Waals surface area contributed by atoms with Gasteiger partial charge in [-0.3, -0.25) is 14.6 Å². The Morgan fingerprint density at radius 1 is 1.12 bits per heavy atom. The lowest BCUT2D eigenvalue weighted by Crippen LogP contribution is -2.47. The van der Waals surface area contributed by atoms with Crippen molar-refractivity contribution in [2.75, 3.05) is 13.1 Å². The van der Waals surface area contributed by atoms with E-state index in [-0.39, 0.29) is 11.9 Å². The van der Waals surface area contributed by atoms with Gasteiger partial charge in [-0.2, -0.15) is 0 Å². The van der Waals surface area contributed by atoms with E-state index in [0.29, 0.717) is 19.0 Å². The summed E-state index contributed by atoms with van der Waals surface area (Å²) in [6.07, 6.45) is 8.45. The molecule has 1 atom stereocenters. The van der Waals surface area contributed by atoms with Gasteiger partial charge >= 0.3 is 11.8 Å². The van der Waals surface area contributed by atoms with Gasteiger partial charge in [-0.05, 0) is 72.7 Å². The first-order chi connectivity index (χ1) is 12.7. The first-order valence-corrected chi connectivity index (χ1v) is 10.2. The molecular weight excluding hydrogens is 346 g/mol. The predicted molar refractivity (Wildman–Crippen MR) is 101 cm³/mol. The van der Waals surface area contributed by atoms with E-state index < -0.39 is 5.91 Å². The lowest BCUT2D eigenvalue weighted by Gasteiger charge is -2.32. The van der Waals surface area contributed by atoms with Crippen LogP contribution in [0.2, 0.25) is 0 Å². The van der Waals surface area contributed by atoms with Gasteiger partial charge in [0.25, 0.3) is 0 Å². The van der Waals surface area contributed by atoms with Crippen molar-refractivity contribution in [3.05, 3.63) is 52.0 Å². The fourth-order valence-electron chi connectivity index (χ4n) is 4.05. The minimum absolute atomic E-state index is 0.0178. The molecule has 2 amide bonds. The maximum atomic E-state index is 12.6. The molecule has 1 aliphatic carbocycles. The molecular formula is C20H23N3O2S. The number of fused-ring (bicyclic) bond motifs is 1. The quantitative estimate of drug-likeness (QED) is 0.828. The van der Waals surface area contributed by atoms with Gasteiger partial charge in [0.2, 0.25) is 0 Å². The SMILES string of the molecule is O=C(NC1CCCc2sccc21)C(=O)N1CCC(c2ccncc2)CC1. The minimum atomic E-state index is -0.462. The van der Waals surface area contributed by atoms with Crippen LogP contribution in [0.5, 0.6) is 0 Å². The molecule has 1 N–H and O–H groups in total. The van der Waals surface area contributed by atoms with Crippen molar-refractivity contribution in [1.29, 1.82) is 0 Å². The van der Waals surface area contributed by atoms with Crippen LogP contribution in [0.15, 0.2) is 36.0 Å². The zero-order chi connectivity index (χ0) is 17.9. The fourth-order valence-corrected chi connectivity index (χ4v) is 5.04. The molecule has 0 saturated carbocycles. The molecule has 136 valence electrons. The number of likely N-dealkylation sites (tertiary alicyclic amines) is 1. The van der Waals surface area contributed by atoms with Crippen LogP contribution in [0.1, 0.15) is 53.6 Å². The number of aryl methyl sites for hydroxylation is 1. The standard InChI is InChI=1S/C20H23N3O2S/c24-19(22-17-2-1-3-18-16(17)8-13-26-18)20(25)23-11-6-15(7-12-23)14-4-9-21-10-5-14/h4-5,8-10,13,15,17H,1-3,6-7,11-12H2,(H,22,24). The van der Waals surface area contributed by atoms with Crippen LogP contribution in [-0.4, -0.2) is 34.8 Å². The molecule has 2 aliphatic rings. The third kappa shape index (κ3) is 3.51. The Hall–Kier alpha value is -2.21. The number of nitrogens with zero attached hydrogens (tertiary/aromatic N) is 2. The number of carbonyl (C=O) groups is 2. The van der Waals surface area contributed by atoms with E-state index in [9.17, 15) is 9.59 Å². The first kappa shape index (κ1) is 17.2. The van der Waals surface area contributed by atoms with E-state index in [1.807, 2.05) is 24.5 Å². The van der Waals surface area contributed by atoms with Gasteiger partial charge in [-0.15, -0.1) is 11.3 Å². The molecule has 3 heterocycles. The third-order valence-electron chi connectivity index (χ3n) is 5.51. The smallest absolute Gasteiger partial charge is 0.311 e. The molecule has 0 aromatic carbocycles.